The van der Waals surface area contributed by atoms with Crippen molar-refractivity contribution in [2.45, 2.75) is 13.8 Å². The predicted molar refractivity (Wildman–Crippen MR) is 103 cm³/mol. The third kappa shape index (κ3) is 3.43. The maximum Gasteiger partial charge on any atom is 0.278 e. The summed E-state index contributed by atoms with van der Waals surface area (Å²) in [6.45, 7) is 5.29. The molecule has 1 aromatic carbocycles. The van der Waals surface area contributed by atoms with Crippen LogP contribution in [0.15, 0.2) is 24.4 Å². The van der Waals surface area contributed by atoms with E-state index in [1.807, 2.05) is 46.1 Å². The van der Waals surface area contributed by atoms with Crippen LogP contribution in [0.2, 0.25) is 0 Å². The van der Waals surface area contributed by atoms with Gasteiger partial charge in [0.2, 0.25) is 0 Å². The Morgan fingerprint density at radius 2 is 1.96 bits per heavy atom. The minimum Gasteiger partial charge on any atom is -0.308 e. The lowest BCUT2D eigenvalue weighted by atomic mass is 10.2. The Balaban J connectivity index is 2.04. The molecule has 0 unspecified atom stereocenters. The molecule has 1 amide bonds. The van der Waals surface area contributed by atoms with Crippen LogP contribution in [-0.2, 0) is 7.05 Å². The van der Waals surface area contributed by atoms with Crippen molar-refractivity contribution < 1.29 is 4.79 Å². The highest BCUT2D eigenvalue weighted by atomic mass is 32.1. The van der Waals surface area contributed by atoms with Gasteiger partial charge in [-0.15, -0.1) is 0 Å². The number of para-hydroxylation sites is 1. The van der Waals surface area contributed by atoms with Crippen LogP contribution in [0.4, 0.5) is 5.13 Å². The molecular formula is C18H23N5OS. The number of anilines is 1. The van der Waals surface area contributed by atoms with E-state index in [1.54, 1.807) is 34.2 Å². The lowest BCUT2D eigenvalue weighted by Gasteiger charge is -2.22. The molecule has 0 aliphatic heterocycles. The molecule has 7 heteroatoms. The van der Waals surface area contributed by atoms with E-state index in [1.165, 1.54) is 0 Å². The Hall–Kier alpha value is -2.25. The van der Waals surface area contributed by atoms with Gasteiger partial charge in [-0.2, -0.15) is 5.10 Å². The Kier molecular flexibility index (Phi) is 4.87. The van der Waals surface area contributed by atoms with E-state index in [2.05, 4.69) is 10.00 Å². The van der Waals surface area contributed by atoms with E-state index in [9.17, 15) is 4.79 Å². The van der Waals surface area contributed by atoms with Gasteiger partial charge in [-0.25, -0.2) is 4.98 Å². The second kappa shape index (κ2) is 6.93. The molecule has 25 heavy (non-hydrogen) atoms. The highest BCUT2D eigenvalue weighted by Gasteiger charge is 2.25. The van der Waals surface area contributed by atoms with Crippen molar-refractivity contribution in [2.24, 2.45) is 7.05 Å². The quantitative estimate of drug-likeness (QED) is 0.705. The highest BCUT2D eigenvalue weighted by molar-refractivity contribution is 7.22. The highest BCUT2D eigenvalue weighted by Crippen LogP contribution is 2.31. The fourth-order valence-corrected chi connectivity index (χ4v) is 3.82. The van der Waals surface area contributed by atoms with Crippen molar-refractivity contribution in [3.8, 4) is 0 Å². The molecule has 0 fully saturated rings. The molecular weight excluding hydrogens is 334 g/mol. The first-order valence-electron chi connectivity index (χ1n) is 8.20. The molecule has 0 saturated carbocycles. The SMILES string of the molecule is Cc1cnn(C)c1C(=O)N(CCN(C)C)c1nc2c(C)cccc2s1. The van der Waals surface area contributed by atoms with Gasteiger partial charge in [-0.3, -0.25) is 14.4 Å². The number of hydrogen-bond donors (Lipinski definition) is 0. The smallest absolute Gasteiger partial charge is 0.278 e. The number of aryl methyl sites for hydroxylation is 3. The molecule has 3 aromatic rings. The number of amides is 1. The Morgan fingerprint density at radius 3 is 2.56 bits per heavy atom. The number of hydrogen-bond acceptors (Lipinski definition) is 5. The number of likely N-dealkylation sites (N-methyl/N-ethyl adjacent to an activating group) is 1. The Labute approximate surface area is 151 Å². The van der Waals surface area contributed by atoms with Crippen molar-refractivity contribution >= 4 is 32.6 Å². The third-order valence-corrected chi connectivity index (χ3v) is 5.22. The average molecular weight is 357 g/mol. The minimum absolute atomic E-state index is 0.0592. The third-order valence-electron chi connectivity index (χ3n) is 4.18. The second-order valence-electron chi connectivity index (χ2n) is 6.48. The molecule has 2 heterocycles. The number of aromatic nitrogens is 3. The van der Waals surface area contributed by atoms with E-state index in [-0.39, 0.29) is 5.91 Å². The minimum atomic E-state index is -0.0592. The average Bonchev–Trinajstić information content (AvgIpc) is 3.11. The van der Waals surface area contributed by atoms with E-state index < -0.39 is 0 Å². The zero-order valence-electron chi connectivity index (χ0n) is 15.3. The molecule has 0 saturated heterocycles. The first-order chi connectivity index (χ1) is 11.9. The molecule has 0 spiro atoms. The van der Waals surface area contributed by atoms with Gasteiger partial charge in [-0.05, 0) is 45.1 Å². The summed E-state index contributed by atoms with van der Waals surface area (Å²) in [6.07, 6.45) is 1.72. The summed E-state index contributed by atoms with van der Waals surface area (Å²) >= 11 is 1.55. The number of carbonyl (C=O) groups excluding carboxylic acids is 1. The van der Waals surface area contributed by atoms with Crippen LogP contribution in [0.1, 0.15) is 21.6 Å². The maximum absolute atomic E-state index is 13.2. The van der Waals surface area contributed by atoms with Gasteiger partial charge in [0.05, 0.1) is 16.4 Å². The monoisotopic (exact) mass is 357 g/mol. The number of fused-ring (bicyclic) bond motifs is 1. The van der Waals surface area contributed by atoms with Gasteiger partial charge in [-0.1, -0.05) is 23.5 Å². The van der Waals surface area contributed by atoms with Gasteiger partial charge >= 0.3 is 0 Å². The van der Waals surface area contributed by atoms with Crippen molar-refractivity contribution in [3.63, 3.8) is 0 Å². The summed E-state index contributed by atoms with van der Waals surface area (Å²) in [5, 5.41) is 4.94. The number of benzene rings is 1. The van der Waals surface area contributed by atoms with Crippen LogP contribution in [0, 0.1) is 13.8 Å². The molecule has 0 aliphatic carbocycles. The van der Waals surface area contributed by atoms with Crippen LogP contribution >= 0.6 is 11.3 Å². The topological polar surface area (TPSA) is 54.3 Å². The predicted octanol–water partition coefficient (Wildman–Crippen LogP) is 2.86. The fraction of sp³-hybridized carbons (Fsp3) is 0.389. The van der Waals surface area contributed by atoms with E-state index in [0.29, 0.717) is 12.2 Å². The van der Waals surface area contributed by atoms with Crippen LogP contribution in [0.5, 0.6) is 0 Å². The van der Waals surface area contributed by atoms with Gasteiger partial charge < -0.3 is 4.90 Å². The molecule has 0 atom stereocenters. The first-order valence-corrected chi connectivity index (χ1v) is 9.01. The van der Waals surface area contributed by atoms with E-state index >= 15 is 0 Å². The number of rotatable bonds is 5. The molecule has 2 aromatic heterocycles. The second-order valence-corrected chi connectivity index (χ2v) is 7.49. The summed E-state index contributed by atoms with van der Waals surface area (Å²) in [5.74, 6) is -0.0592. The lowest BCUT2D eigenvalue weighted by molar-refractivity contribution is 0.0975. The molecule has 0 N–H and O–H groups in total. The zero-order valence-corrected chi connectivity index (χ0v) is 16.1. The van der Waals surface area contributed by atoms with Gasteiger partial charge in [0.15, 0.2) is 5.13 Å². The largest absolute Gasteiger partial charge is 0.308 e. The molecule has 0 aliphatic rings. The molecule has 0 bridgehead atoms. The first kappa shape index (κ1) is 17.6. The van der Waals surface area contributed by atoms with Crippen LogP contribution in [0.3, 0.4) is 0 Å². The number of thiazole rings is 1. The van der Waals surface area contributed by atoms with Gasteiger partial charge in [0.1, 0.15) is 5.69 Å². The van der Waals surface area contributed by atoms with Crippen molar-refractivity contribution in [3.05, 3.63) is 41.2 Å². The summed E-state index contributed by atoms with van der Waals surface area (Å²) in [4.78, 5) is 21.8. The normalized spacial score (nSPS) is 11.4. The van der Waals surface area contributed by atoms with E-state index in [4.69, 9.17) is 4.98 Å². The van der Waals surface area contributed by atoms with Crippen LogP contribution in [0.25, 0.3) is 10.2 Å². The lowest BCUT2D eigenvalue weighted by Crippen LogP contribution is -2.38. The maximum atomic E-state index is 13.2. The molecule has 3 rings (SSSR count). The van der Waals surface area contributed by atoms with Crippen molar-refractivity contribution in [1.29, 1.82) is 0 Å². The number of carbonyl (C=O) groups is 1. The van der Waals surface area contributed by atoms with E-state index in [0.717, 1.165) is 33.0 Å². The summed E-state index contributed by atoms with van der Waals surface area (Å²) in [6, 6.07) is 6.12. The van der Waals surface area contributed by atoms with Gasteiger partial charge in [0, 0.05) is 20.1 Å². The van der Waals surface area contributed by atoms with Crippen molar-refractivity contribution in [2.75, 3.05) is 32.1 Å². The summed E-state index contributed by atoms with van der Waals surface area (Å²) < 4.78 is 2.73. The van der Waals surface area contributed by atoms with Crippen molar-refractivity contribution in [1.82, 2.24) is 19.7 Å². The Bertz CT molecular complexity index is 892. The summed E-state index contributed by atoms with van der Waals surface area (Å²) in [7, 11) is 5.80. The van der Waals surface area contributed by atoms with Crippen LogP contribution in [-0.4, -0.2) is 52.8 Å². The Morgan fingerprint density at radius 1 is 1.20 bits per heavy atom. The van der Waals surface area contributed by atoms with Crippen LogP contribution < -0.4 is 4.90 Å². The molecule has 0 radical (unpaired) electrons. The molecule has 132 valence electrons. The molecule has 6 nitrogen and oxygen atoms in total. The fourth-order valence-electron chi connectivity index (χ4n) is 2.76. The van der Waals surface area contributed by atoms with Gasteiger partial charge in [0.25, 0.3) is 5.91 Å². The zero-order chi connectivity index (χ0) is 18.1. The standard InChI is InChI=1S/C18H23N5OS/c1-12-7-6-8-14-15(12)20-18(25-14)23(10-9-21(3)4)17(24)16-13(2)11-19-22(16)5/h6-8,11H,9-10H2,1-5H3. The summed E-state index contributed by atoms with van der Waals surface area (Å²) in [5.41, 5.74) is 3.57. The number of nitrogens with zero attached hydrogens (tertiary/aromatic N) is 5.